The van der Waals surface area contributed by atoms with Gasteiger partial charge in [0.1, 0.15) is 0 Å². The van der Waals surface area contributed by atoms with Crippen molar-refractivity contribution in [2.45, 2.75) is 57.5 Å². The number of thiophene rings is 1. The number of carboxylic acid groups (broad SMARTS) is 1. The van der Waals surface area contributed by atoms with E-state index in [1.165, 1.54) is 29.8 Å². The molecule has 0 radical (unpaired) electrons. The molecule has 1 spiro atoms. The molecule has 1 aromatic rings. The Labute approximate surface area is 189 Å². The molecule has 31 heavy (non-hydrogen) atoms. The van der Waals surface area contributed by atoms with Crippen molar-refractivity contribution in [2.24, 2.45) is 5.92 Å². The van der Waals surface area contributed by atoms with Crippen LogP contribution in [0.4, 0.5) is 0 Å². The molecule has 2 fully saturated rings. The number of hydrogen-bond acceptors (Lipinski definition) is 6. The van der Waals surface area contributed by atoms with E-state index in [0.29, 0.717) is 5.92 Å². The first-order valence-corrected chi connectivity index (χ1v) is 12.4. The zero-order chi connectivity index (χ0) is 22.1. The third-order valence-corrected chi connectivity index (χ3v) is 7.73. The fourth-order valence-corrected chi connectivity index (χ4v) is 6.03. The Morgan fingerprint density at radius 1 is 1.39 bits per heavy atom. The summed E-state index contributed by atoms with van der Waals surface area (Å²) in [7, 11) is 0. The van der Waals surface area contributed by atoms with Crippen molar-refractivity contribution >= 4 is 23.7 Å². The molecule has 1 aromatic heterocycles. The molecule has 0 saturated carbocycles. The highest BCUT2D eigenvalue weighted by atomic mass is 32.1. The lowest BCUT2D eigenvalue weighted by Gasteiger charge is -2.44. The number of hydrogen-bond donors (Lipinski definition) is 2. The van der Waals surface area contributed by atoms with Crippen molar-refractivity contribution in [1.82, 2.24) is 10.2 Å². The molecular weight excluding hydrogens is 416 g/mol. The molecule has 1 unspecified atom stereocenters. The Morgan fingerprint density at radius 2 is 2.16 bits per heavy atom. The number of fused-ring (bicyclic) bond motifs is 2. The van der Waals surface area contributed by atoms with Gasteiger partial charge in [-0.15, -0.1) is 11.3 Å². The number of piperidine rings is 1. The normalized spacial score (nSPS) is 22.4. The second kappa shape index (κ2) is 11.9. The first-order chi connectivity index (χ1) is 15.1. The molecule has 8 heteroatoms. The predicted octanol–water partition coefficient (Wildman–Crippen LogP) is 3.27. The van der Waals surface area contributed by atoms with Crippen LogP contribution < -0.4 is 5.32 Å². The summed E-state index contributed by atoms with van der Waals surface area (Å²) < 4.78 is 11.8. The van der Waals surface area contributed by atoms with Gasteiger partial charge in [-0.25, -0.2) is 0 Å². The molecule has 4 rings (SSSR count). The third kappa shape index (κ3) is 6.28. The van der Waals surface area contributed by atoms with Gasteiger partial charge in [-0.2, -0.15) is 0 Å². The summed E-state index contributed by atoms with van der Waals surface area (Å²) in [6, 6.07) is 2.13. The molecule has 0 bridgehead atoms. The zero-order valence-electron chi connectivity index (χ0n) is 18.6. The van der Waals surface area contributed by atoms with Crippen molar-refractivity contribution in [1.29, 1.82) is 0 Å². The van der Waals surface area contributed by atoms with Crippen molar-refractivity contribution in [3.63, 3.8) is 0 Å². The van der Waals surface area contributed by atoms with Crippen molar-refractivity contribution in [2.75, 3.05) is 46.0 Å². The van der Waals surface area contributed by atoms with Gasteiger partial charge in [0.05, 0.1) is 17.1 Å². The van der Waals surface area contributed by atoms with Gasteiger partial charge >= 0.3 is 0 Å². The molecule has 7 nitrogen and oxygen atoms in total. The number of nitrogens with zero attached hydrogens (tertiary/aromatic N) is 1. The van der Waals surface area contributed by atoms with E-state index < -0.39 is 0 Å². The van der Waals surface area contributed by atoms with E-state index in [0.717, 1.165) is 76.4 Å². The smallest absolute Gasteiger partial charge is 0.290 e. The monoisotopic (exact) mass is 452 g/mol. The third-order valence-electron chi connectivity index (χ3n) is 6.53. The average Bonchev–Trinajstić information content (AvgIpc) is 3.44. The number of carbonyl (C=O) groups is 2. The van der Waals surface area contributed by atoms with Crippen molar-refractivity contribution in [3.8, 4) is 0 Å². The minimum Gasteiger partial charge on any atom is -0.483 e. The van der Waals surface area contributed by atoms with Crippen LogP contribution in [0.3, 0.4) is 0 Å². The van der Waals surface area contributed by atoms with Crippen LogP contribution in [0.25, 0.3) is 0 Å². The summed E-state index contributed by atoms with van der Waals surface area (Å²) in [5.74, 6) is 0.766. The van der Waals surface area contributed by atoms with Gasteiger partial charge in [0.25, 0.3) is 12.4 Å². The van der Waals surface area contributed by atoms with Crippen molar-refractivity contribution < 1.29 is 24.2 Å². The molecule has 2 saturated heterocycles. The minimum absolute atomic E-state index is 0.0839. The highest BCUT2D eigenvalue weighted by Crippen LogP contribution is 2.44. The maximum atomic E-state index is 12.7. The number of amides is 1. The Kier molecular flexibility index (Phi) is 9.31. The molecule has 4 heterocycles. The van der Waals surface area contributed by atoms with Gasteiger partial charge in [0.15, 0.2) is 0 Å². The maximum absolute atomic E-state index is 12.7. The molecule has 0 aliphatic carbocycles. The average molecular weight is 453 g/mol. The number of likely N-dealkylation sites (tertiary alicyclic amines) is 1. The quantitative estimate of drug-likeness (QED) is 0.488. The molecule has 0 aromatic carbocycles. The van der Waals surface area contributed by atoms with Gasteiger partial charge in [-0.1, -0.05) is 6.92 Å². The van der Waals surface area contributed by atoms with Gasteiger partial charge < -0.3 is 24.8 Å². The number of ether oxygens (including phenoxy) is 2. The highest BCUT2D eigenvalue weighted by Gasteiger charge is 2.42. The van der Waals surface area contributed by atoms with E-state index in [2.05, 4.69) is 23.2 Å². The van der Waals surface area contributed by atoms with E-state index >= 15 is 0 Å². The zero-order valence-corrected chi connectivity index (χ0v) is 19.4. The van der Waals surface area contributed by atoms with Crippen LogP contribution in [0.5, 0.6) is 0 Å². The molecule has 1 atom stereocenters. The van der Waals surface area contributed by atoms with Gasteiger partial charge in [-0.3, -0.25) is 9.59 Å². The van der Waals surface area contributed by atoms with Gasteiger partial charge in [0.2, 0.25) is 0 Å². The van der Waals surface area contributed by atoms with Crippen LogP contribution in [0.15, 0.2) is 6.07 Å². The fraction of sp³-hybridized carbons (Fsp3) is 0.739. The fourth-order valence-electron chi connectivity index (χ4n) is 4.89. The summed E-state index contributed by atoms with van der Waals surface area (Å²) in [4.78, 5) is 25.8. The van der Waals surface area contributed by atoms with Gasteiger partial charge in [0, 0.05) is 44.1 Å². The second-order valence-corrected chi connectivity index (χ2v) is 9.75. The van der Waals surface area contributed by atoms with E-state index in [4.69, 9.17) is 19.4 Å². The lowest BCUT2D eigenvalue weighted by Crippen LogP contribution is -2.46. The van der Waals surface area contributed by atoms with Gasteiger partial charge in [-0.05, 0) is 62.6 Å². The first kappa shape index (κ1) is 24.2. The molecule has 3 aliphatic rings. The van der Waals surface area contributed by atoms with Crippen LogP contribution in [-0.2, 0) is 26.3 Å². The summed E-state index contributed by atoms with van der Waals surface area (Å²) in [6.45, 7) is 8.68. The van der Waals surface area contributed by atoms with E-state index in [9.17, 15) is 4.79 Å². The minimum atomic E-state index is -0.250. The molecule has 174 valence electrons. The summed E-state index contributed by atoms with van der Waals surface area (Å²) in [5.41, 5.74) is 1.14. The van der Waals surface area contributed by atoms with E-state index in [1.54, 1.807) is 11.3 Å². The van der Waals surface area contributed by atoms with Crippen LogP contribution >= 0.6 is 11.3 Å². The number of nitrogens with one attached hydrogen (secondary N) is 1. The molecular formula is C23H36N2O5S. The SMILES string of the molecule is CCCN1CCC2(CC1)OCCc1sc(C(=O)NCCCC3CCOC3)cc12.O=CO. The van der Waals surface area contributed by atoms with Crippen LogP contribution in [-0.4, -0.2) is 68.4 Å². The van der Waals surface area contributed by atoms with Crippen LogP contribution in [0.2, 0.25) is 0 Å². The first-order valence-electron chi connectivity index (χ1n) is 11.5. The Bertz CT molecular complexity index is 709. The van der Waals surface area contributed by atoms with E-state index in [-0.39, 0.29) is 18.0 Å². The number of rotatable bonds is 7. The summed E-state index contributed by atoms with van der Waals surface area (Å²) in [5, 5.41) is 10.0. The topological polar surface area (TPSA) is 88.1 Å². The lowest BCUT2D eigenvalue weighted by atomic mass is 9.82. The summed E-state index contributed by atoms with van der Waals surface area (Å²) >= 11 is 1.68. The highest BCUT2D eigenvalue weighted by molar-refractivity contribution is 7.14. The molecule has 3 aliphatic heterocycles. The van der Waals surface area contributed by atoms with Crippen molar-refractivity contribution in [3.05, 3.63) is 21.4 Å². The van der Waals surface area contributed by atoms with Crippen LogP contribution in [0.1, 0.15) is 65.6 Å². The summed E-state index contributed by atoms with van der Waals surface area (Å²) in [6.07, 6.45) is 7.58. The standard InChI is InChI=1S/C22H34N2O3S.CH2O2/c1-2-10-24-11-7-22(8-12-24)18-15-20(28-19(18)6-14-27-22)21(25)23-9-3-4-17-5-13-26-16-17;2-1-3/h15,17H,2-14,16H2,1H3,(H,23,25);1H,(H,2,3). The maximum Gasteiger partial charge on any atom is 0.290 e. The largest absolute Gasteiger partial charge is 0.483 e. The second-order valence-electron chi connectivity index (χ2n) is 8.62. The lowest BCUT2D eigenvalue weighted by molar-refractivity contribution is -0.122. The Balaban J connectivity index is 0.000000858. The number of carbonyl (C=O) groups excluding carboxylic acids is 1. The predicted molar refractivity (Wildman–Crippen MR) is 121 cm³/mol. The Morgan fingerprint density at radius 3 is 2.84 bits per heavy atom. The molecule has 2 N–H and O–H groups in total. The van der Waals surface area contributed by atoms with E-state index in [1.807, 2.05) is 0 Å². The van der Waals surface area contributed by atoms with Crippen LogP contribution in [0, 0.1) is 5.92 Å². The Hall–Kier alpha value is -1.48. The molecule has 1 amide bonds.